The molecule has 1 atom stereocenters. The molecule has 1 aliphatic rings. The van der Waals surface area contributed by atoms with Gasteiger partial charge in [-0.3, -0.25) is 0 Å². The summed E-state index contributed by atoms with van der Waals surface area (Å²) in [5.74, 6) is 0. The smallest absolute Gasteiger partial charge is 0.102 e. The second-order valence-corrected chi connectivity index (χ2v) is 2.62. The summed E-state index contributed by atoms with van der Waals surface area (Å²) in [5.41, 5.74) is 2.01. The molecule has 0 aromatic rings. The van der Waals surface area contributed by atoms with Crippen LogP contribution in [-0.4, -0.2) is 22.1 Å². The molecular formula is C8H11NO2. The van der Waals surface area contributed by atoms with E-state index < -0.39 is 6.10 Å². The van der Waals surface area contributed by atoms with E-state index in [2.05, 4.69) is 5.16 Å². The molecule has 60 valence electrons. The lowest BCUT2D eigenvalue weighted by Gasteiger charge is -2.08. The summed E-state index contributed by atoms with van der Waals surface area (Å²) in [6.07, 6.45) is 2.98. The highest BCUT2D eigenvalue weighted by atomic mass is 16.4. The molecule has 0 unspecified atom stereocenters. The topological polar surface area (TPSA) is 52.8 Å². The van der Waals surface area contributed by atoms with Crippen LogP contribution in [0.25, 0.3) is 0 Å². The average molecular weight is 153 g/mol. The Kier molecular flexibility index (Phi) is 2.10. The third-order valence-electron chi connectivity index (χ3n) is 1.82. The van der Waals surface area contributed by atoms with Gasteiger partial charge < -0.3 is 10.3 Å². The summed E-state index contributed by atoms with van der Waals surface area (Å²) < 4.78 is 0. The van der Waals surface area contributed by atoms with E-state index in [9.17, 15) is 5.11 Å². The van der Waals surface area contributed by atoms with Crippen LogP contribution in [0.1, 0.15) is 13.8 Å². The van der Waals surface area contributed by atoms with Crippen molar-refractivity contribution < 1.29 is 10.3 Å². The molecule has 2 N–H and O–H groups in total. The van der Waals surface area contributed by atoms with Crippen molar-refractivity contribution in [1.29, 1.82) is 0 Å². The maximum atomic E-state index is 9.43. The van der Waals surface area contributed by atoms with Crippen LogP contribution in [0.3, 0.4) is 0 Å². The van der Waals surface area contributed by atoms with Crippen molar-refractivity contribution >= 4 is 5.71 Å². The summed E-state index contributed by atoms with van der Waals surface area (Å²) in [4.78, 5) is 0. The van der Waals surface area contributed by atoms with Gasteiger partial charge in [0.25, 0.3) is 0 Å². The van der Waals surface area contributed by atoms with E-state index in [1.165, 1.54) is 0 Å². The van der Waals surface area contributed by atoms with Gasteiger partial charge in [0, 0.05) is 5.57 Å². The van der Waals surface area contributed by atoms with E-state index in [-0.39, 0.29) is 0 Å². The number of rotatable bonds is 1. The Morgan fingerprint density at radius 1 is 1.55 bits per heavy atom. The zero-order chi connectivity index (χ0) is 8.43. The summed E-state index contributed by atoms with van der Waals surface area (Å²) in [6, 6.07) is 0. The van der Waals surface area contributed by atoms with Crippen molar-refractivity contribution in [1.82, 2.24) is 0 Å². The Hall–Kier alpha value is -1.09. The molecule has 0 saturated heterocycles. The van der Waals surface area contributed by atoms with Crippen LogP contribution < -0.4 is 0 Å². The zero-order valence-corrected chi connectivity index (χ0v) is 6.57. The lowest BCUT2D eigenvalue weighted by atomic mass is 10.1. The first-order chi connectivity index (χ1) is 5.16. The molecule has 1 aliphatic carbocycles. The molecule has 0 aromatic heterocycles. The molecular weight excluding hydrogens is 142 g/mol. The highest BCUT2D eigenvalue weighted by molar-refractivity contribution is 6.00. The van der Waals surface area contributed by atoms with Crippen molar-refractivity contribution in [2.45, 2.75) is 20.0 Å². The Morgan fingerprint density at radius 2 is 2.18 bits per heavy atom. The Morgan fingerprint density at radius 3 is 2.55 bits per heavy atom. The van der Waals surface area contributed by atoms with Gasteiger partial charge in [0.05, 0.1) is 5.71 Å². The van der Waals surface area contributed by atoms with Crippen molar-refractivity contribution in [3.05, 3.63) is 23.3 Å². The lowest BCUT2D eigenvalue weighted by Crippen LogP contribution is -2.13. The molecule has 0 heterocycles. The maximum absolute atomic E-state index is 9.43. The van der Waals surface area contributed by atoms with Crippen LogP contribution >= 0.6 is 0 Å². The Labute approximate surface area is 65.3 Å². The fraction of sp³-hybridized carbons (Fsp3) is 0.375. The minimum Gasteiger partial charge on any atom is -0.411 e. The van der Waals surface area contributed by atoms with Crippen molar-refractivity contribution in [3.63, 3.8) is 0 Å². The van der Waals surface area contributed by atoms with Crippen LogP contribution in [0, 0.1) is 0 Å². The molecule has 11 heavy (non-hydrogen) atoms. The number of aliphatic hydroxyl groups excluding tert-OH is 1. The van der Waals surface area contributed by atoms with Gasteiger partial charge >= 0.3 is 0 Å². The molecule has 0 bridgehead atoms. The number of nitrogens with zero attached hydrogens (tertiary/aromatic N) is 1. The molecule has 3 nitrogen and oxygen atoms in total. The first-order valence-electron chi connectivity index (χ1n) is 3.42. The van der Waals surface area contributed by atoms with Crippen LogP contribution in [0.5, 0.6) is 0 Å². The average Bonchev–Trinajstić information content (AvgIpc) is 2.32. The van der Waals surface area contributed by atoms with Crippen molar-refractivity contribution in [2.24, 2.45) is 5.16 Å². The zero-order valence-electron chi connectivity index (χ0n) is 6.57. The fourth-order valence-corrected chi connectivity index (χ4v) is 1.02. The maximum Gasteiger partial charge on any atom is 0.102 e. The largest absolute Gasteiger partial charge is 0.411 e. The molecule has 0 aromatic carbocycles. The van der Waals surface area contributed by atoms with E-state index >= 15 is 0 Å². The van der Waals surface area contributed by atoms with E-state index in [1.807, 2.05) is 13.0 Å². The van der Waals surface area contributed by atoms with Gasteiger partial charge in [-0.25, -0.2) is 0 Å². The number of oxime groups is 1. The van der Waals surface area contributed by atoms with E-state index in [4.69, 9.17) is 5.21 Å². The molecule has 0 aliphatic heterocycles. The van der Waals surface area contributed by atoms with Crippen LogP contribution in [0.15, 0.2) is 28.5 Å². The van der Waals surface area contributed by atoms with Crippen molar-refractivity contribution in [2.75, 3.05) is 0 Å². The number of aliphatic hydroxyl groups is 1. The molecule has 0 fully saturated rings. The normalized spacial score (nSPS) is 25.0. The summed E-state index contributed by atoms with van der Waals surface area (Å²) in [7, 11) is 0. The van der Waals surface area contributed by atoms with E-state index in [0.717, 1.165) is 5.57 Å². The first-order valence-corrected chi connectivity index (χ1v) is 3.42. The standard InChI is InChI=1S/C8H11NO2/c1-5-3-4-7(8(5)10)6(2)9-11/h3-4,8,10-11H,1-2H3/b9-6-/t8-/m1/s1. The molecule has 0 spiro atoms. The Balaban J connectivity index is 2.82. The summed E-state index contributed by atoms with van der Waals surface area (Å²) >= 11 is 0. The third kappa shape index (κ3) is 1.33. The van der Waals surface area contributed by atoms with Crippen molar-refractivity contribution in [3.8, 4) is 0 Å². The van der Waals surface area contributed by atoms with E-state index in [0.29, 0.717) is 11.3 Å². The second-order valence-electron chi connectivity index (χ2n) is 2.62. The minimum atomic E-state index is -0.592. The quantitative estimate of drug-likeness (QED) is 0.336. The first kappa shape index (κ1) is 8.01. The minimum absolute atomic E-state index is 0.464. The van der Waals surface area contributed by atoms with Crippen LogP contribution in [0.4, 0.5) is 0 Å². The summed E-state index contributed by atoms with van der Waals surface area (Å²) in [5, 5.41) is 20.9. The Bertz CT molecular complexity index is 251. The fourth-order valence-electron chi connectivity index (χ4n) is 1.02. The molecule has 0 radical (unpaired) electrons. The highest BCUT2D eigenvalue weighted by Gasteiger charge is 2.19. The third-order valence-corrected chi connectivity index (χ3v) is 1.82. The SMILES string of the molecule is CC1=CC=C(/C(C)=N\O)[C@@H]1O. The summed E-state index contributed by atoms with van der Waals surface area (Å²) in [6.45, 7) is 3.49. The second kappa shape index (κ2) is 2.88. The van der Waals surface area contributed by atoms with Gasteiger partial charge in [0.2, 0.25) is 0 Å². The lowest BCUT2D eigenvalue weighted by molar-refractivity contribution is 0.254. The van der Waals surface area contributed by atoms with E-state index in [1.54, 1.807) is 13.0 Å². The monoisotopic (exact) mass is 153 g/mol. The molecule has 3 heteroatoms. The number of allylic oxidation sites excluding steroid dienone is 2. The number of hydrogen-bond acceptors (Lipinski definition) is 3. The van der Waals surface area contributed by atoms with Gasteiger partial charge in [-0.2, -0.15) is 0 Å². The van der Waals surface area contributed by atoms with Gasteiger partial charge in [0.1, 0.15) is 6.10 Å². The molecule has 0 amide bonds. The van der Waals surface area contributed by atoms with Gasteiger partial charge in [-0.05, 0) is 19.4 Å². The van der Waals surface area contributed by atoms with Crippen LogP contribution in [0.2, 0.25) is 0 Å². The van der Waals surface area contributed by atoms with Gasteiger partial charge in [-0.15, -0.1) is 0 Å². The predicted molar refractivity (Wildman–Crippen MR) is 42.7 cm³/mol. The van der Waals surface area contributed by atoms with Gasteiger partial charge in [-0.1, -0.05) is 17.3 Å². The highest BCUT2D eigenvalue weighted by Crippen LogP contribution is 2.20. The molecule has 0 saturated carbocycles. The van der Waals surface area contributed by atoms with Gasteiger partial charge in [0.15, 0.2) is 0 Å². The molecule has 1 rings (SSSR count). The van der Waals surface area contributed by atoms with Crippen LogP contribution in [-0.2, 0) is 0 Å². The predicted octanol–water partition coefficient (Wildman–Crippen LogP) is 1.08. The number of hydrogen-bond donors (Lipinski definition) is 2.